The van der Waals surface area contributed by atoms with Crippen LogP contribution in [0.1, 0.15) is 53.5 Å². The zero-order chi connectivity index (χ0) is 26.7. The molecular weight excluding hydrogens is 492 g/mol. The van der Waals surface area contributed by atoms with Crippen LogP contribution in [0.3, 0.4) is 0 Å². The Morgan fingerprint density at radius 2 is 1.11 bits per heavy atom. The Labute approximate surface area is 211 Å². The van der Waals surface area contributed by atoms with Crippen LogP contribution in [-0.4, -0.2) is 23.8 Å². The van der Waals surface area contributed by atoms with Gasteiger partial charge in [0.05, 0.1) is 11.1 Å². The van der Waals surface area contributed by atoms with Crippen molar-refractivity contribution in [2.75, 3.05) is 13.1 Å². The maximum atomic E-state index is 14.2. The predicted octanol–water partition coefficient (Wildman–Crippen LogP) is 7.66. The highest BCUT2D eigenvalue weighted by atomic mass is 19.4. The zero-order valence-corrected chi connectivity index (χ0v) is 20.1. The van der Waals surface area contributed by atoms with Crippen molar-refractivity contribution < 1.29 is 31.1 Å². The van der Waals surface area contributed by atoms with Crippen LogP contribution in [0.15, 0.2) is 78.9 Å². The highest BCUT2D eigenvalue weighted by Gasteiger charge is 2.46. The number of likely N-dealkylation sites (tertiary alicyclic amines) is 1. The molecule has 0 amide bonds. The minimum atomic E-state index is -4.94. The molecule has 8 heteroatoms. The molecule has 0 atom stereocenters. The average Bonchev–Trinajstić information content (AvgIpc) is 2.89. The fraction of sp³-hybridized carbons (Fsp3) is 0.345. The molecule has 0 aliphatic carbocycles. The second-order valence-electron chi connectivity index (χ2n) is 9.33. The fourth-order valence-electron chi connectivity index (χ4n) is 5.22. The van der Waals surface area contributed by atoms with E-state index in [1.807, 2.05) is 60.7 Å². The Bertz CT molecular complexity index is 1130. The molecule has 0 spiro atoms. The summed E-state index contributed by atoms with van der Waals surface area (Å²) >= 11 is 0. The van der Waals surface area contributed by atoms with Crippen molar-refractivity contribution >= 4 is 5.78 Å². The third kappa shape index (κ3) is 5.74. The maximum Gasteiger partial charge on any atom is 0.416 e. The van der Waals surface area contributed by atoms with Gasteiger partial charge in [0.15, 0.2) is 5.78 Å². The van der Waals surface area contributed by atoms with Gasteiger partial charge < -0.3 is 0 Å². The second-order valence-corrected chi connectivity index (χ2v) is 9.33. The summed E-state index contributed by atoms with van der Waals surface area (Å²) in [5.74, 6) is -0.266. The van der Waals surface area contributed by atoms with Crippen molar-refractivity contribution in [1.82, 2.24) is 4.90 Å². The van der Waals surface area contributed by atoms with Gasteiger partial charge in [0.1, 0.15) is 5.54 Å². The number of rotatable bonds is 7. The molecule has 3 aromatic rings. The maximum absolute atomic E-state index is 14.2. The van der Waals surface area contributed by atoms with E-state index >= 15 is 0 Å². The van der Waals surface area contributed by atoms with Crippen molar-refractivity contribution in [1.29, 1.82) is 0 Å². The molecule has 4 rings (SSSR count). The lowest BCUT2D eigenvalue weighted by atomic mass is 9.75. The molecule has 1 heterocycles. The fourth-order valence-corrected chi connectivity index (χ4v) is 5.22. The third-order valence-corrected chi connectivity index (χ3v) is 6.91. The molecule has 3 aromatic carbocycles. The number of Topliss-reactive ketones (excluding diaryl/α,β-unsaturated/α-hetero) is 1. The van der Waals surface area contributed by atoms with Crippen LogP contribution in [0, 0.1) is 0 Å². The first-order chi connectivity index (χ1) is 17.5. The molecule has 1 aliphatic rings. The lowest BCUT2D eigenvalue weighted by Gasteiger charge is -2.45. The molecule has 1 aliphatic heterocycles. The average molecular weight is 520 g/mol. The van der Waals surface area contributed by atoms with Gasteiger partial charge in [0.2, 0.25) is 0 Å². The lowest BCUT2D eigenvalue weighted by molar-refractivity contribution is -0.143. The minimum absolute atomic E-state index is 0.108. The van der Waals surface area contributed by atoms with Crippen LogP contribution >= 0.6 is 0 Å². The molecule has 2 nitrogen and oxygen atoms in total. The van der Waals surface area contributed by atoms with Crippen molar-refractivity contribution in [3.8, 4) is 0 Å². The number of nitrogens with zero attached hydrogens (tertiary/aromatic N) is 1. The molecule has 1 saturated heterocycles. The Morgan fingerprint density at radius 3 is 1.54 bits per heavy atom. The first kappa shape index (κ1) is 26.9. The van der Waals surface area contributed by atoms with Crippen molar-refractivity contribution in [2.24, 2.45) is 0 Å². The summed E-state index contributed by atoms with van der Waals surface area (Å²) < 4.78 is 80.2. The molecule has 0 saturated carbocycles. The molecule has 37 heavy (non-hydrogen) atoms. The van der Waals surface area contributed by atoms with Crippen LogP contribution in [0.2, 0.25) is 0 Å². The number of carbonyl (C=O) groups excluding carboxylic acids is 1. The second kappa shape index (κ2) is 10.7. The van der Waals surface area contributed by atoms with Gasteiger partial charge in [-0.25, -0.2) is 0 Å². The van der Waals surface area contributed by atoms with Gasteiger partial charge in [0.25, 0.3) is 0 Å². The van der Waals surface area contributed by atoms with E-state index in [0.29, 0.717) is 25.2 Å². The van der Waals surface area contributed by atoms with Gasteiger partial charge in [-0.2, -0.15) is 26.3 Å². The minimum Gasteiger partial charge on any atom is -0.297 e. The van der Waals surface area contributed by atoms with E-state index in [1.165, 1.54) is 0 Å². The summed E-state index contributed by atoms with van der Waals surface area (Å²) in [6.45, 7) is 1.30. The number of aryl methyl sites for hydroxylation is 1. The highest BCUT2D eigenvalue weighted by Crippen LogP contribution is 2.41. The van der Waals surface area contributed by atoms with Crippen LogP contribution < -0.4 is 0 Å². The van der Waals surface area contributed by atoms with Crippen molar-refractivity contribution in [2.45, 2.75) is 50.0 Å². The first-order valence-electron chi connectivity index (χ1n) is 12.2. The molecule has 1 fully saturated rings. The Hall–Kier alpha value is -3.13. The van der Waals surface area contributed by atoms with Crippen molar-refractivity contribution in [3.05, 3.63) is 107 Å². The number of ketones is 1. The molecule has 0 aromatic heterocycles. The number of piperidine rings is 1. The van der Waals surface area contributed by atoms with Crippen LogP contribution in [0.4, 0.5) is 26.3 Å². The van der Waals surface area contributed by atoms with E-state index in [4.69, 9.17) is 0 Å². The molecule has 0 N–H and O–H groups in total. The summed E-state index contributed by atoms with van der Waals surface area (Å²) in [5.41, 5.74) is -2.67. The standard InChI is InChI=1S/C29H27F6NO/c30-28(31,32)24-18-21(19-25(20-24)29(33,34)35)14-15-26(37)27(22-10-4-1-5-11-22,23-12-6-2-7-13-23)36-16-8-3-9-17-36/h1-2,4-7,10-13,18-20H,3,8-9,14-17H2. The number of alkyl halides is 6. The van der Waals surface area contributed by atoms with E-state index in [9.17, 15) is 31.1 Å². The van der Waals surface area contributed by atoms with Crippen LogP contribution in [0.5, 0.6) is 0 Å². The number of hydrogen-bond donors (Lipinski definition) is 0. The summed E-state index contributed by atoms with van der Waals surface area (Å²) in [6.07, 6.45) is -7.55. The van der Waals surface area contributed by atoms with E-state index in [0.717, 1.165) is 30.4 Å². The number of carbonyl (C=O) groups is 1. The van der Waals surface area contributed by atoms with Crippen LogP contribution in [0.25, 0.3) is 0 Å². The van der Waals surface area contributed by atoms with Crippen LogP contribution in [-0.2, 0) is 29.1 Å². The molecule has 196 valence electrons. The lowest BCUT2D eigenvalue weighted by Crippen LogP contribution is -2.54. The molecule has 0 radical (unpaired) electrons. The van der Waals surface area contributed by atoms with E-state index < -0.39 is 29.0 Å². The van der Waals surface area contributed by atoms with Gasteiger partial charge in [-0.15, -0.1) is 0 Å². The molecule has 0 unspecified atom stereocenters. The van der Waals surface area contributed by atoms with Gasteiger partial charge in [-0.05, 0) is 67.2 Å². The summed E-state index contributed by atoms with van der Waals surface area (Å²) in [5, 5.41) is 0. The van der Waals surface area contributed by atoms with Gasteiger partial charge >= 0.3 is 12.4 Å². The topological polar surface area (TPSA) is 20.3 Å². The van der Waals surface area contributed by atoms with E-state index in [2.05, 4.69) is 4.90 Å². The Balaban J connectivity index is 1.77. The molecular formula is C29H27F6NO. The Morgan fingerprint density at radius 1 is 0.649 bits per heavy atom. The SMILES string of the molecule is O=C(CCc1cc(C(F)(F)F)cc(C(F)(F)F)c1)C(c1ccccc1)(c1ccccc1)N1CCCCC1. The van der Waals surface area contributed by atoms with Crippen molar-refractivity contribution in [3.63, 3.8) is 0 Å². The van der Waals surface area contributed by atoms with E-state index in [1.54, 1.807) is 0 Å². The Kier molecular flexibility index (Phi) is 7.78. The normalized spacial score (nSPS) is 15.5. The number of hydrogen-bond acceptors (Lipinski definition) is 2. The van der Waals surface area contributed by atoms with Gasteiger partial charge in [-0.1, -0.05) is 67.1 Å². The zero-order valence-electron chi connectivity index (χ0n) is 20.1. The third-order valence-electron chi connectivity index (χ3n) is 6.91. The summed E-state index contributed by atoms with van der Waals surface area (Å²) in [6, 6.07) is 19.9. The first-order valence-corrected chi connectivity index (χ1v) is 12.2. The largest absolute Gasteiger partial charge is 0.416 e. The predicted molar refractivity (Wildman–Crippen MR) is 129 cm³/mol. The smallest absolute Gasteiger partial charge is 0.297 e. The monoisotopic (exact) mass is 519 g/mol. The number of benzene rings is 3. The summed E-state index contributed by atoms with van der Waals surface area (Å²) in [7, 11) is 0. The highest BCUT2D eigenvalue weighted by molar-refractivity contribution is 5.93. The van der Waals surface area contributed by atoms with Gasteiger partial charge in [0, 0.05) is 6.42 Å². The van der Waals surface area contributed by atoms with E-state index in [-0.39, 0.29) is 30.3 Å². The summed E-state index contributed by atoms with van der Waals surface area (Å²) in [4.78, 5) is 16.3. The molecule has 0 bridgehead atoms. The van der Waals surface area contributed by atoms with Gasteiger partial charge in [-0.3, -0.25) is 9.69 Å². The number of halogens is 6. The quantitative estimate of drug-likeness (QED) is 0.299.